The zero-order chi connectivity index (χ0) is 17.6. The third-order valence-corrected chi connectivity index (χ3v) is 4.88. The largest absolute Gasteiger partial charge is 0.397 e. The Morgan fingerprint density at radius 3 is 2.72 bits per heavy atom. The van der Waals surface area contributed by atoms with Crippen LogP contribution in [0.4, 0.5) is 17.2 Å². The number of nitrogens with two attached hydrogens (primary N) is 1. The Bertz CT molecular complexity index is 875. The van der Waals surface area contributed by atoms with Crippen LogP contribution in [0.3, 0.4) is 0 Å². The second kappa shape index (κ2) is 5.89. The molecule has 2 aromatic rings. The molecule has 2 aliphatic rings. The van der Waals surface area contributed by atoms with Gasteiger partial charge in [-0.1, -0.05) is 37.3 Å². The summed E-state index contributed by atoms with van der Waals surface area (Å²) in [5, 5.41) is 1.74. The van der Waals surface area contributed by atoms with Gasteiger partial charge in [0.1, 0.15) is 12.4 Å². The lowest BCUT2D eigenvalue weighted by Gasteiger charge is -2.28. The van der Waals surface area contributed by atoms with Crippen molar-refractivity contribution >= 4 is 23.4 Å². The highest BCUT2D eigenvalue weighted by Gasteiger charge is 2.31. The summed E-state index contributed by atoms with van der Waals surface area (Å²) in [7, 11) is 1.65. The number of nitrogen functional groups attached to an aromatic ring is 1. The predicted molar refractivity (Wildman–Crippen MR) is 99.8 cm³/mol. The summed E-state index contributed by atoms with van der Waals surface area (Å²) in [4.78, 5) is 16.9. The molecule has 2 aliphatic heterocycles. The van der Waals surface area contributed by atoms with Crippen LogP contribution in [0.25, 0.3) is 0 Å². The maximum atomic E-state index is 6.43. The minimum absolute atomic E-state index is 0.147. The molecule has 3 heterocycles. The molecular formula is C19H21N5O. The van der Waals surface area contributed by atoms with Gasteiger partial charge >= 0.3 is 0 Å². The highest BCUT2D eigenvalue weighted by atomic mass is 16.7. The van der Waals surface area contributed by atoms with E-state index in [1.165, 1.54) is 5.56 Å². The molecule has 0 spiro atoms. The highest BCUT2D eigenvalue weighted by molar-refractivity contribution is 5.96. The Labute approximate surface area is 147 Å². The van der Waals surface area contributed by atoms with Crippen molar-refractivity contribution in [3.63, 3.8) is 0 Å². The van der Waals surface area contributed by atoms with E-state index in [-0.39, 0.29) is 5.92 Å². The minimum Gasteiger partial charge on any atom is -0.397 e. The average molecular weight is 335 g/mol. The van der Waals surface area contributed by atoms with E-state index in [9.17, 15) is 0 Å². The number of allylic oxidation sites excluding steroid dienone is 1. The summed E-state index contributed by atoms with van der Waals surface area (Å²) in [6, 6.07) is 10.4. The lowest BCUT2D eigenvalue weighted by atomic mass is 9.93. The van der Waals surface area contributed by atoms with Gasteiger partial charge in [0.15, 0.2) is 5.82 Å². The Morgan fingerprint density at radius 2 is 2.00 bits per heavy atom. The molecule has 1 aromatic carbocycles. The first kappa shape index (κ1) is 15.7. The van der Waals surface area contributed by atoms with Crippen molar-refractivity contribution in [2.45, 2.75) is 19.8 Å². The third-order valence-electron chi connectivity index (χ3n) is 4.88. The summed E-state index contributed by atoms with van der Waals surface area (Å²) in [6.45, 7) is 4.74. The normalized spacial score (nSPS) is 16.5. The fraction of sp³-hybridized carbons (Fsp3) is 0.263. The van der Waals surface area contributed by atoms with Crippen molar-refractivity contribution in [2.24, 2.45) is 4.99 Å². The van der Waals surface area contributed by atoms with Crippen molar-refractivity contribution in [2.75, 3.05) is 24.4 Å². The van der Waals surface area contributed by atoms with E-state index < -0.39 is 0 Å². The molecule has 0 radical (unpaired) electrons. The van der Waals surface area contributed by atoms with Crippen molar-refractivity contribution in [1.82, 2.24) is 10.0 Å². The number of pyridine rings is 1. The van der Waals surface area contributed by atoms with E-state index in [1.807, 2.05) is 31.3 Å². The number of rotatable bonds is 3. The molecule has 0 aliphatic carbocycles. The Morgan fingerprint density at radius 1 is 1.24 bits per heavy atom. The van der Waals surface area contributed by atoms with E-state index in [0.29, 0.717) is 12.4 Å². The van der Waals surface area contributed by atoms with Crippen LogP contribution < -0.4 is 10.6 Å². The lowest BCUT2D eigenvalue weighted by molar-refractivity contribution is -0.0790. The van der Waals surface area contributed by atoms with Crippen LogP contribution in [0.5, 0.6) is 0 Å². The number of benzene rings is 1. The zero-order valence-electron chi connectivity index (χ0n) is 14.6. The number of aliphatic imine (C=N–C) groups is 1. The summed E-state index contributed by atoms with van der Waals surface area (Å²) in [5.74, 6) is 0.933. The Kier molecular flexibility index (Phi) is 3.69. The van der Waals surface area contributed by atoms with Crippen molar-refractivity contribution in [3.05, 3.63) is 59.0 Å². The van der Waals surface area contributed by atoms with Gasteiger partial charge in [-0.2, -0.15) is 0 Å². The quantitative estimate of drug-likeness (QED) is 0.932. The molecule has 0 amide bonds. The zero-order valence-corrected chi connectivity index (χ0v) is 14.6. The van der Waals surface area contributed by atoms with E-state index in [2.05, 4.69) is 28.9 Å². The monoisotopic (exact) mass is 335 g/mol. The highest BCUT2D eigenvalue weighted by Crippen LogP contribution is 2.43. The number of nitrogens with zero attached hydrogens (tertiary/aromatic N) is 4. The fourth-order valence-electron chi connectivity index (χ4n) is 3.34. The number of hydrogen-bond acceptors (Lipinski definition) is 6. The molecule has 6 heteroatoms. The first-order chi connectivity index (χ1) is 12.1. The first-order valence-electron chi connectivity index (χ1n) is 8.29. The Balaban J connectivity index is 1.82. The Hall–Kier alpha value is -2.86. The van der Waals surface area contributed by atoms with Gasteiger partial charge in [0, 0.05) is 5.92 Å². The topological polar surface area (TPSA) is 67.0 Å². The van der Waals surface area contributed by atoms with Gasteiger partial charge in [-0.25, -0.2) is 15.0 Å². The molecule has 0 bridgehead atoms. The summed E-state index contributed by atoms with van der Waals surface area (Å²) < 4.78 is 0. The molecule has 0 saturated carbocycles. The lowest BCUT2D eigenvalue weighted by Crippen LogP contribution is -2.29. The van der Waals surface area contributed by atoms with Crippen LogP contribution in [0.2, 0.25) is 0 Å². The maximum Gasteiger partial charge on any atom is 0.163 e. The smallest absolute Gasteiger partial charge is 0.163 e. The van der Waals surface area contributed by atoms with Crippen LogP contribution in [0.15, 0.2) is 47.2 Å². The van der Waals surface area contributed by atoms with Crippen molar-refractivity contribution in [1.29, 1.82) is 0 Å². The SMILES string of the molecule is CON1C=C2C=Nc3c(nc(C(C)c4ccccc4)c(C)c3N)N2C1. The molecule has 6 nitrogen and oxygen atoms in total. The summed E-state index contributed by atoms with van der Waals surface area (Å²) >= 11 is 0. The second-order valence-electron chi connectivity index (χ2n) is 6.32. The molecule has 4 rings (SSSR count). The van der Waals surface area contributed by atoms with Crippen molar-refractivity contribution in [3.8, 4) is 0 Å². The first-order valence-corrected chi connectivity index (χ1v) is 8.29. The number of anilines is 2. The van der Waals surface area contributed by atoms with Gasteiger partial charge in [0.25, 0.3) is 0 Å². The van der Waals surface area contributed by atoms with E-state index in [1.54, 1.807) is 18.4 Å². The van der Waals surface area contributed by atoms with Crippen LogP contribution in [-0.4, -0.2) is 30.0 Å². The molecular weight excluding hydrogens is 314 g/mol. The predicted octanol–water partition coefficient (Wildman–Crippen LogP) is 3.32. The summed E-state index contributed by atoms with van der Waals surface area (Å²) in [5.41, 5.74) is 12.0. The average Bonchev–Trinajstić information content (AvgIpc) is 3.08. The van der Waals surface area contributed by atoms with Crippen molar-refractivity contribution < 1.29 is 4.84 Å². The molecule has 1 unspecified atom stereocenters. The van der Waals surface area contributed by atoms with Crippen LogP contribution in [-0.2, 0) is 4.84 Å². The van der Waals surface area contributed by atoms with E-state index >= 15 is 0 Å². The molecule has 1 atom stereocenters. The fourth-order valence-corrected chi connectivity index (χ4v) is 3.34. The third kappa shape index (κ3) is 2.46. The van der Waals surface area contributed by atoms with Gasteiger partial charge in [-0.3, -0.25) is 4.84 Å². The number of hydrogen-bond donors (Lipinski definition) is 1. The van der Waals surface area contributed by atoms with Gasteiger partial charge in [0.2, 0.25) is 0 Å². The molecule has 0 fully saturated rings. The molecule has 2 N–H and O–H groups in total. The number of fused-ring (bicyclic) bond motifs is 3. The van der Waals surface area contributed by atoms with E-state index in [0.717, 1.165) is 28.5 Å². The number of hydroxylamine groups is 2. The molecule has 1 aromatic heterocycles. The van der Waals surface area contributed by atoms with Crippen LogP contribution in [0, 0.1) is 6.92 Å². The molecule has 128 valence electrons. The van der Waals surface area contributed by atoms with E-state index in [4.69, 9.17) is 15.6 Å². The summed E-state index contributed by atoms with van der Waals surface area (Å²) in [6.07, 6.45) is 3.71. The van der Waals surface area contributed by atoms with Gasteiger partial charge < -0.3 is 10.6 Å². The second-order valence-corrected chi connectivity index (χ2v) is 6.32. The number of aromatic nitrogens is 1. The van der Waals surface area contributed by atoms with Crippen LogP contribution in [0.1, 0.15) is 29.7 Å². The standard InChI is InChI=1S/C19H21N5O/c1-12(14-7-5-4-6-8-14)17-13(2)16(20)18-19(22-17)24-11-23(25-3)10-15(24)9-21-18/h4-10,12H,11H2,1-3H3,(H2,20,22). The molecule has 25 heavy (non-hydrogen) atoms. The van der Waals surface area contributed by atoms with Crippen LogP contribution >= 0.6 is 0 Å². The van der Waals surface area contributed by atoms with Gasteiger partial charge in [0.05, 0.1) is 36.6 Å². The minimum atomic E-state index is 0.147. The maximum absolute atomic E-state index is 6.43. The molecule has 0 saturated heterocycles. The van der Waals surface area contributed by atoms with Gasteiger partial charge in [-0.15, -0.1) is 0 Å². The van der Waals surface area contributed by atoms with Gasteiger partial charge in [-0.05, 0) is 18.1 Å².